The summed E-state index contributed by atoms with van der Waals surface area (Å²) in [6, 6.07) is 0. The zero-order valence-corrected chi connectivity index (χ0v) is 9.98. The average Bonchev–Trinajstić information content (AvgIpc) is 2.26. The summed E-state index contributed by atoms with van der Waals surface area (Å²) in [7, 11) is 1.79. The van der Waals surface area contributed by atoms with Gasteiger partial charge in [0.05, 0.1) is 24.2 Å². The van der Waals surface area contributed by atoms with Crippen LogP contribution in [0.3, 0.4) is 0 Å². The highest BCUT2D eigenvalue weighted by atomic mass is 79.9. The van der Waals surface area contributed by atoms with Gasteiger partial charge < -0.3 is 15.5 Å². The summed E-state index contributed by atoms with van der Waals surface area (Å²) in [6.45, 7) is 0.641. The molecule has 2 atom stereocenters. The molecule has 5 nitrogen and oxygen atoms in total. The molecule has 0 saturated carbocycles. The first-order valence-corrected chi connectivity index (χ1v) is 5.42. The zero-order valence-electron chi connectivity index (χ0n) is 8.39. The number of nitrogens with zero attached hydrogens (tertiary/aromatic N) is 2. The lowest BCUT2D eigenvalue weighted by Crippen LogP contribution is -2.24. The second-order valence-electron chi connectivity index (χ2n) is 3.17. The molecule has 1 rings (SSSR count). The van der Waals surface area contributed by atoms with Crippen molar-refractivity contribution in [3.8, 4) is 0 Å². The largest absolute Gasteiger partial charge is 0.390 e. The maximum Gasteiger partial charge on any atom is 0.124 e. The third kappa shape index (κ3) is 3.83. The van der Waals surface area contributed by atoms with Crippen LogP contribution in [0.25, 0.3) is 0 Å². The van der Waals surface area contributed by atoms with Crippen LogP contribution in [0, 0.1) is 0 Å². The lowest BCUT2D eigenvalue weighted by atomic mass is 10.1. The Bertz CT molecular complexity index is 294. The van der Waals surface area contributed by atoms with Crippen molar-refractivity contribution in [2.75, 3.05) is 13.6 Å². The molecule has 0 amide bonds. The van der Waals surface area contributed by atoms with E-state index in [0.717, 1.165) is 0 Å². The number of halogens is 1. The number of aliphatic hydroxyl groups excluding tert-OH is 2. The van der Waals surface area contributed by atoms with Crippen LogP contribution in [0.1, 0.15) is 18.2 Å². The molecule has 1 aromatic heterocycles. The molecule has 0 fully saturated rings. The molecule has 1 aromatic rings. The number of hydrogen-bond acceptors (Lipinski definition) is 5. The van der Waals surface area contributed by atoms with E-state index in [2.05, 4.69) is 31.2 Å². The molecule has 0 aliphatic carbocycles. The Morgan fingerprint density at radius 2 is 2.13 bits per heavy atom. The molecule has 0 bridgehead atoms. The number of nitrogens with one attached hydrogen (secondary N) is 1. The summed E-state index contributed by atoms with van der Waals surface area (Å²) in [6.07, 6.45) is 1.59. The summed E-state index contributed by atoms with van der Waals surface area (Å²) in [5.41, 5.74) is 0.377. The minimum Gasteiger partial charge on any atom is -0.390 e. The molecule has 0 radical (unpaired) electrons. The normalized spacial score (nSPS) is 14.9. The van der Waals surface area contributed by atoms with Gasteiger partial charge in [0, 0.05) is 0 Å². The molecular weight excluding hydrogens is 262 g/mol. The summed E-state index contributed by atoms with van der Waals surface area (Å²) in [4.78, 5) is 7.90. The highest BCUT2D eigenvalue weighted by Crippen LogP contribution is 2.16. The van der Waals surface area contributed by atoms with E-state index >= 15 is 0 Å². The topological polar surface area (TPSA) is 78.3 Å². The first-order chi connectivity index (χ1) is 7.15. The van der Waals surface area contributed by atoms with Crippen molar-refractivity contribution in [2.45, 2.75) is 18.6 Å². The molecule has 0 aliphatic heterocycles. The van der Waals surface area contributed by atoms with E-state index in [1.807, 2.05) is 0 Å². The van der Waals surface area contributed by atoms with Gasteiger partial charge in [-0.15, -0.1) is 0 Å². The van der Waals surface area contributed by atoms with Crippen LogP contribution in [-0.4, -0.2) is 39.9 Å². The Labute approximate surface area is 96.7 Å². The lowest BCUT2D eigenvalue weighted by molar-refractivity contribution is 0.0113. The summed E-state index contributed by atoms with van der Waals surface area (Å²) in [5.74, 6) is 0. The molecule has 0 aliphatic rings. The first kappa shape index (κ1) is 12.5. The molecule has 0 aromatic carbocycles. The van der Waals surface area contributed by atoms with Crippen LogP contribution in [0.4, 0.5) is 0 Å². The summed E-state index contributed by atoms with van der Waals surface area (Å²) < 4.78 is 0.600. The predicted octanol–water partition coefficient (Wildman–Crippen LogP) is 0.243. The average molecular weight is 276 g/mol. The van der Waals surface area contributed by atoms with Crippen LogP contribution >= 0.6 is 15.9 Å². The van der Waals surface area contributed by atoms with Crippen molar-refractivity contribution in [2.24, 2.45) is 0 Å². The van der Waals surface area contributed by atoms with Crippen molar-refractivity contribution in [1.29, 1.82) is 0 Å². The molecular formula is C9H14BrN3O2. The predicted molar refractivity (Wildman–Crippen MR) is 59.2 cm³/mol. The van der Waals surface area contributed by atoms with E-state index < -0.39 is 12.2 Å². The van der Waals surface area contributed by atoms with Gasteiger partial charge in [-0.1, -0.05) is 0 Å². The van der Waals surface area contributed by atoms with Gasteiger partial charge >= 0.3 is 0 Å². The SMILES string of the molecule is CNCCC(O)C(O)c1cnc(Br)cn1. The third-order valence-corrected chi connectivity index (χ3v) is 2.41. The maximum absolute atomic E-state index is 9.71. The van der Waals surface area contributed by atoms with E-state index in [1.165, 1.54) is 12.4 Å². The van der Waals surface area contributed by atoms with E-state index in [-0.39, 0.29) is 0 Å². The smallest absolute Gasteiger partial charge is 0.124 e. The summed E-state index contributed by atoms with van der Waals surface area (Å²) in [5, 5.41) is 22.2. The van der Waals surface area contributed by atoms with E-state index in [4.69, 9.17) is 0 Å². The van der Waals surface area contributed by atoms with Gasteiger partial charge in [0.15, 0.2) is 0 Å². The second-order valence-corrected chi connectivity index (χ2v) is 3.98. The standard InChI is InChI=1S/C9H14BrN3O2/c1-11-3-2-7(14)9(15)6-4-13-8(10)5-12-6/h4-5,7,9,11,14-15H,2-3H2,1H3. The fraction of sp³-hybridized carbons (Fsp3) is 0.556. The van der Waals surface area contributed by atoms with Crippen LogP contribution < -0.4 is 5.32 Å². The van der Waals surface area contributed by atoms with Gasteiger partial charge in [-0.2, -0.15) is 0 Å². The quantitative estimate of drug-likeness (QED) is 0.718. The van der Waals surface area contributed by atoms with Crippen molar-refractivity contribution in [3.05, 3.63) is 22.7 Å². The Kier molecular flexibility index (Phi) is 5.10. The van der Waals surface area contributed by atoms with E-state index in [1.54, 1.807) is 7.05 Å². The number of rotatable bonds is 5. The van der Waals surface area contributed by atoms with Crippen molar-refractivity contribution < 1.29 is 10.2 Å². The Balaban J connectivity index is 2.59. The maximum atomic E-state index is 9.71. The van der Waals surface area contributed by atoms with E-state index in [9.17, 15) is 10.2 Å². The lowest BCUT2D eigenvalue weighted by Gasteiger charge is -2.16. The van der Waals surface area contributed by atoms with Crippen LogP contribution in [0.2, 0.25) is 0 Å². The number of aromatic nitrogens is 2. The fourth-order valence-corrected chi connectivity index (χ4v) is 1.33. The van der Waals surface area contributed by atoms with Gasteiger partial charge in [0.2, 0.25) is 0 Å². The minimum atomic E-state index is -0.987. The van der Waals surface area contributed by atoms with Gasteiger partial charge in [-0.3, -0.25) is 4.98 Å². The zero-order chi connectivity index (χ0) is 11.3. The third-order valence-electron chi connectivity index (χ3n) is 2.00. The molecule has 15 heavy (non-hydrogen) atoms. The highest BCUT2D eigenvalue weighted by Gasteiger charge is 2.19. The molecule has 6 heteroatoms. The highest BCUT2D eigenvalue weighted by molar-refractivity contribution is 9.10. The monoisotopic (exact) mass is 275 g/mol. The van der Waals surface area contributed by atoms with Crippen molar-refractivity contribution in [3.63, 3.8) is 0 Å². The van der Waals surface area contributed by atoms with Crippen LogP contribution in [0.15, 0.2) is 17.0 Å². The van der Waals surface area contributed by atoms with Crippen LogP contribution in [0.5, 0.6) is 0 Å². The fourth-order valence-electron chi connectivity index (χ4n) is 1.12. The Morgan fingerprint density at radius 3 is 2.67 bits per heavy atom. The van der Waals surface area contributed by atoms with Crippen molar-refractivity contribution in [1.82, 2.24) is 15.3 Å². The minimum absolute atomic E-state index is 0.377. The van der Waals surface area contributed by atoms with Crippen molar-refractivity contribution >= 4 is 15.9 Å². The molecule has 2 unspecified atom stereocenters. The Hall–Kier alpha value is -0.560. The second kappa shape index (κ2) is 6.12. The number of hydrogen-bond donors (Lipinski definition) is 3. The Morgan fingerprint density at radius 1 is 1.40 bits per heavy atom. The van der Waals surface area contributed by atoms with E-state index in [0.29, 0.717) is 23.3 Å². The first-order valence-electron chi connectivity index (χ1n) is 4.63. The molecule has 0 spiro atoms. The molecule has 84 valence electrons. The van der Waals surface area contributed by atoms with Gasteiger partial charge in [-0.25, -0.2) is 4.98 Å². The molecule has 0 saturated heterocycles. The van der Waals surface area contributed by atoms with Gasteiger partial charge in [0.1, 0.15) is 10.7 Å². The van der Waals surface area contributed by atoms with Gasteiger partial charge in [0.25, 0.3) is 0 Å². The number of aliphatic hydroxyl groups is 2. The van der Waals surface area contributed by atoms with Crippen LogP contribution in [-0.2, 0) is 0 Å². The molecule has 1 heterocycles. The molecule has 3 N–H and O–H groups in total. The summed E-state index contributed by atoms with van der Waals surface area (Å²) >= 11 is 3.15. The van der Waals surface area contributed by atoms with Gasteiger partial charge in [-0.05, 0) is 35.9 Å².